The van der Waals surface area contributed by atoms with Crippen LogP contribution in [0.5, 0.6) is 0 Å². The highest BCUT2D eigenvalue weighted by Crippen LogP contribution is 2.13. The molecular weight excluding hydrogens is 222 g/mol. The van der Waals surface area contributed by atoms with Crippen molar-refractivity contribution in [3.8, 4) is 0 Å². The average Bonchev–Trinajstić information content (AvgIpc) is 2.45. The Hall–Kier alpha value is -1.41. The van der Waals surface area contributed by atoms with Gasteiger partial charge in [-0.2, -0.15) is 0 Å². The third-order valence-electron chi connectivity index (χ3n) is 3.23. The fourth-order valence-corrected chi connectivity index (χ4v) is 2.10. The van der Waals surface area contributed by atoms with Gasteiger partial charge in [-0.05, 0) is 31.3 Å². The van der Waals surface area contributed by atoms with Gasteiger partial charge in [-0.25, -0.2) is 0 Å². The largest absolute Gasteiger partial charge is 0.377 e. The van der Waals surface area contributed by atoms with Crippen LogP contribution < -0.4 is 0 Å². The van der Waals surface area contributed by atoms with Crippen molar-refractivity contribution in [2.75, 3.05) is 13.7 Å². The van der Waals surface area contributed by atoms with Gasteiger partial charge in [0.25, 0.3) is 0 Å². The molecule has 0 bridgehead atoms. The van der Waals surface area contributed by atoms with E-state index in [4.69, 9.17) is 4.74 Å². The van der Waals surface area contributed by atoms with Crippen LogP contribution in [-0.2, 0) is 4.74 Å². The number of nitrogens with zero attached hydrogens (tertiary/aromatic N) is 1. The molecule has 0 aromatic heterocycles. The minimum atomic E-state index is 0.236. The Morgan fingerprint density at radius 1 is 1.33 bits per heavy atom. The van der Waals surface area contributed by atoms with Gasteiger partial charge in [0, 0.05) is 19.9 Å². The SMILES string of the molecule is COC1C=CC(/C=N/CCC2=CCCC=C2)=CC1. The van der Waals surface area contributed by atoms with Crippen LogP contribution >= 0.6 is 0 Å². The van der Waals surface area contributed by atoms with E-state index in [9.17, 15) is 0 Å². The van der Waals surface area contributed by atoms with Gasteiger partial charge in [0.05, 0.1) is 6.10 Å². The Balaban J connectivity index is 1.72. The first-order valence-corrected chi connectivity index (χ1v) is 6.65. The molecular formula is C16H21NO. The molecule has 2 heteroatoms. The van der Waals surface area contributed by atoms with E-state index in [0.29, 0.717) is 0 Å². The first kappa shape index (κ1) is 13.0. The lowest BCUT2D eigenvalue weighted by Crippen LogP contribution is -2.08. The Morgan fingerprint density at radius 2 is 2.28 bits per heavy atom. The molecule has 2 rings (SSSR count). The molecule has 0 heterocycles. The van der Waals surface area contributed by atoms with Crippen molar-refractivity contribution >= 4 is 6.21 Å². The molecule has 1 atom stereocenters. The van der Waals surface area contributed by atoms with Crippen LogP contribution in [0.25, 0.3) is 0 Å². The van der Waals surface area contributed by atoms with Gasteiger partial charge in [0.1, 0.15) is 0 Å². The molecule has 96 valence electrons. The van der Waals surface area contributed by atoms with E-state index >= 15 is 0 Å². The molecule has 0 spiro atoms. The van der Waals surface area contributed by atoms with Crippen molar-refractivity contribution in [2.45, 2.75) is 31.8 Å². The third-order valence-corrected chi connectivity index (χ3v) is 3.23. The smallest absolute Gasteiger partial charge is 0.0790 e. The fraction of sp³-hybridized carbons (Fsp3) is 0.438. The standard InChI is InChI=1S/C16H21NO/c1-18-16-9-7-15(8-10-16)13-17-12-11-14-5-3-2-4-6-14/h3,5-9,13,16H,2,4,10-12H2,1H3/b17-13+. The summed E-state index contributed by atoms with van der Waals surface area (Å²) < 4.78 is 5.25. The van der Waals surface area contributed by atoms with E-state index in [1.165, 1.54) is 24.0 Å². The lowest BCUT2D eigenvalue weighted by atomic mass is 10.0. The first-order valence-electron chi connectivity index (χ1n) is 6.65. The predicted octanol–water partition coefficient (Wildman–Crippen LogP) is 3.63. The quantitative estimate of drug-likeness (QED) is 0.676. The summed E-state index contributed by atoms with van der Waals surface area (Å²) in [6.45, 7) is 0.870. The summed E-state index contributed by atoms with van der Waals surface area (Å²) in [5.41, 5.74) is 2.61. The first-order chi connectivity index (χ1) is 8.88. The van der Waals surface area contributed by atoms with E-state index in [1.54, 1.807) is 7.11 Å². The Labute approximate surface area is 109 Å². The van der Waals surface area contributed by atoms with Gasteiger partial charge in [-0.3, -0.25) is 4.99 Å². The van der Waals surface area contributed by atoms with Crippen molar-refractivity contribution in [2.24, 2.45) is 4.99 Å². The molecule has 0 aromatic carbocycles. The van der Waals surface area contributed by atoms with Crippen LogP contribution in [0.2, 0.25) is 0 Å². The number of hydrogen-bond donors (Lipinski definition) is 0. The topological polar surface area (TPSA) is 21.6 Å². The summed E-state index contributed by atoms with van der Waals surface area (Å²) in [7, 11) is 1.74. The van der Waals surface area contributed by atoms with Crippen molar-refractivity contribution in [3.05, 3.63) is 47.6 Å². The van der Waals surface area contributed by atoms with Crippen molar-refractivity contribution in [1.82, 2.24) is 0 Å². The molecule has 0 N–H and O–H groups in total. The lowest BCUT2D eigenvalue weighted by molar-refractivity contribution is 0.142. The van der Waals surface area contributed by atoms with Crippen molar-refractivity contribution in [1.29, 1.82) is 0 Å². The highest BCUT2D eigenvalue weighted by Gasteiger charge is 2.05. The third kappa shape index (κ3) is 4.11. The van der Waals surface area contributed by atoms with E-state index in [2.05, 4.69) is 41.4 Å². The molecule has 2 nitrogen and oxygen atoms in total. The predicted molar refractivity (Wildman–Crippen MR) is 77.1 cm³/mol. The van der Waals surface area contributed by atoms with Gasteiger partial charge in [-0.1, -0.05) is 42.0 Å². The number of allylic oxidation sites excluding steroid dienone is 5. The Morgan fingerprint density at radius 3 is 2.94 bits per heavy atom. The second kappa shape index (κ2) is 7.12. The molecule has 1 unspecified atom stereocenters. The fourth-order valence-electron chi connectivity index (χ4n) is 2.10. The number of hydrogen-bond acceptors (Lipinski definition) is 2. The zero-order chi connectivity index (χ0) is 12.6. The summed E-state index contributed by atoms with van der Waals surface area (Å²) in [6, 6.07) is 0. The highest BCUT2D eigenvalue weighted by molar-refractivity contribution is 5.82. The molecule has 0 radical (unpaired) electrons. The Kier molecular flexibility index (Phi) is 5.15. The van der Waals surface area contributed by atoms with Crippen LogP contribution in [0.3, 0.4) is 0 Å². The zero-order valence-electron chi connectivity index (χ0n) is 11.0. The maximum atomic E-state index is 5.25. The average molecular weight is 243 g/mol. The molecule has 2 aliphatic rings. The van der Waals surface area contributed by atoms with Crippen molar-refractivity contribution < 1.29 is 4.74 Å². The monoisotopic (exact) mass is 243 g/mol. The van der Waals surface area contributed by atoms with Gasteiger partial charge >= 0.3 is 0 Å². The van der Waals surface area contributed by atoms with Gasteiger partial charge < -0.3 is 4.74 Å². The summed E-state index contributed by atoms with van der Waals surface area (Å²) in [4.78, 5) is 4.48. The molecule has 0 aromatic rings. The molecule has 18 heavy (non-hydrogen) atoms. The molecule has 0 aliphatic heterocycles. The van der Waals surface area contributed by atoms with Crippen LogP contribution in [0.4, 0.5) is 0 Å². The van der Waals surface area contributed by atoms with Crippen LogP contribution in [0.1, 0.15) is 25.7 Å². The molecule has 0 amide bonds. The number of ether oxygens (including phenoxy) is 1. The van der Waals surface area contributed by atoms with Crippen LogP contribution in [0.15, 0.2) is 52.6 Å². The number of methoxy groups -OCH3 is 1. The molecule has 0 saturated carbocycles. The summed E-state index contributed by atoms with van der Waals surface area (Å²) >= 11 is 0. The van der Waals surface area contributed by atoms with E-state index in [0.717, 1.165) is 19.4 Å². The molecule has 0 saturated heterocycles. The summed E-state index contributed by atoms with van der Waals surface area (Å²) in [5.74, 6) is 0. The minimum absolute atomic E-state index is 0.236. The maximum Gasteiger partial charge on any atom is 0.0790 e. The maximum absolute atomic E-state index is 5.25. The van der Waals surface area contributed by atoms with Crippen LogP contribution in [0, 0.1) is 0 Å². The summed E-state index contributed by atoms with van der Waals surface area (Å²) in [6.07, 6.45) is 19.7. The van der Waals surface area contributed by atoms with Gasteiger partial charge in [0.2, 0.25) is 0 Å². The molecule has 0 fully saturated rings. The Bertz CT molecular complexity index is 413. The lowest BCUT2D eigenvalue weighted by Gasteiger charge is -2.12. The van der Waals surface area contributed by atoms with Crippen LogP contribution in [-0.4, -0.2) is 26.0 Å². The van der Waals surface area contributed by atoms with Gasteiger partial charge in [0.15, 0.2) is 0 Å². The number of aliphatic imine (C=N–C) groups is 1. The molecule has 2 aliphatic carbocycles. The van der Waals surface area contributed by atoms with Gasteiger partial charge in [-0.15, -0.1) is 0 Å². The van der Waals surface area contributed by atoms with E-state index < -0.39 is 0 Å². The van der Waals surface area contributed by atoms with E-state index in [1.807, 2.05) is 6.21 Å². The summed E-state index contributed by atoms with van der Waals surface area (Å²) in [5, 5.41) is 0. The minimum Gasteiger partial charge on any atom is -0.377 e. The second-order valence-corrected chi connectivity index (χ2v) is 4.62. The van der Waals surface area contributed by atoms with Crippen molar-refractivity contribution in [3.63, 3.8) is 0 Å². The second-order valence-electron chi connectivity index (χ2n) is 4.62. The highest BCUT2D eigenvalue weighted by atomic mass is 16.5. The zero-order valence-corrected chi connectivity index (χ0v) is 11.0. The van der Waals surface area contributed by atoms with E-state index in [-0.39, 0.29) is 6.10 Å². The normalized spacial score (nSPS) is 23.3. The number of rotatable bonds is 5.